The first-order chi connectivity index (χ1) is 29.2. The zero-order valence-electron chi connectivity index (χ0n) is 39.0. The molecule has 6 rings (SSSR count). The van der Waals surface area contributed by atoms with Crippen molar-refractivity contribution in [3.63, 3.8) is 0 Å². The topological polar surface area (TPSA) is 138 Å². The predicted octanol–water partition coefficient (Wildman–Crippen LogP) is 10.0. The molecular formula is C51H62N4O6S2. The molecule has 334 valence electrons. The van der Waals surface area contributed by atoms with E-state index >= 15 is 0 Å². The van der Waals surface area contributed by atoms with Gasteiger partial charge in [0.25, 0.3) is 0 Å². The molecule has 10 nitrogen and oxygen atoms in total. The van der Waals surface area contributed by atoms with E-state index in [1.807, 2.05) is 69.2 Å². The first kappa shape index (κ1) is 48.6. The summed E-state index contributed by atoms with van der Waals surface area (Å²) in [6.07, 6.45) is 0. The number of benzene rings is 4. The lowest BCUT2D eigenvalue weighted by Gasteiger charge is -2.16. The van der Waals surface area contributed by atoms with Crippen molar-refractivity contribution in [2.45, 2.75) is 129 Å². The van der Waals surface area contributed by atoms with Crippen LogP contribution in [0.4, 0.5) is 0 Å². The molecule has 2 aromatic heterocycles. The second-order valence-corrected chi connectivity index (χ2v) is 23.0. The summed E-state index contributed by atoms with van der Waals surface area (Å²) < 4.78 is 55.1. The first-order valence-electron chi connectivity index (χ1n) is 21.1. The van der Waals surface area contributed by atoms with E-state index in [9.17, 15) is 26.4 Å². The molecule has 0 spiro atoms. The number of Topliss-reactive ketones (excluding diaryl/α,β-unsaturated/α-hetero) is 2. The molecule has 0 saturated heterocycles. The Morgan fingerprint density at radius 2 is 0.921 bits per heavy atom. The van der Waals surface area contributed by atoms with Crippen LogP contribution in [0.2, 0.25) is 0 Å². The van der Waals surface area contributed by atoms with Crippen LogP contribution in [0.3, 0.4) is 0 Å². The van der Waals surface area contributed by atoms with E-state index in [2.05, 4.69) is 38.1 Å². The van der Waals surface area contributed by atoms with Crippen LogP contribution in [-0.4, -0.2) is 59.0 Å². The minimum absolute atomic E-state index is 0.146. The summed E-state index contributed by atoms with van der Waals surface area (Å²) in [5.74, 6) is -1.48. The van der Waals surface area contributed by atoms with Gasteiger partial charge in [-0.1, -0.05) is 113 Å². The third kappa shape index (κ3) is 11.4. The van der Waals surface area contributed by atoms with Crippen LogP contribution in [0.1, 0.15) is 125 Å². The highest BCUT2D eigenvalue weighted by Crippen LogP contribution is 2.28. The van der Waals surface area contributed by atoms with Gasteiger partial charge >= 0.3 is 0 Å². The fourth-order valence-corrected chi connectivity index (χ4v) is 10.1. The molecule has 6 aromatic rings. The largest absolute Gasteiger partial charge is 0.291 e. The Balaban J connectivity index is 0.000000238. The van der Waals surface area contributed by atoms with Gasteiger partial charge in [-0.3, -0.25) is 19.0 Å². The fourth-order valence-electron chi connectivity index (χ4n) is 7.57. The van der Waals surface area contributed by atoms with Gasteiger partial charge in [0.2, 0.25) is 0 Å². The standard InChI is InChI=1S/C26H32N2O3S.C25H30N2O3S/c1-17-13-18(2)22(19(3)14-17)16-28-23(15-24(27-28)26(5,6)7)25(29)20(4)32(30,31)21-11-9-8-10-12-21;1-17-12-18(2)21(19(3)13-17)15-27-22(14-24(26-27)25(4,5)6)23(28)16-31(29,30)20-10-8-7-9-11-20/h8-15,20H,16H2,1-7H3;7-14H,15-16H2,1-6H3. The quantitative estimate of drug-likeness (QED) is 0.111. The zero-order valence-corrected chi connectivity index (χ0v) is 40.6. The number of aromatic nitrogens is 4. The molecule has 0 aliphatic carbocycles. The van der Waals surface area contributed by atoms with Gasteiger partial charge in [-0.2, -0.15) is 10.2 Å². The molecule has 0 amide bonds. The Morgan fingerprint density at radius 3 is 1.32 bits per heavy atom. The molecule has 0 fully saturated rings. The molecule has 0 aliphatic heterocycles. The first-order valence-corrected chi connectivity index (χ1v) is 24.3. The van der Waals surface area contributed by atoms with Gasteiger partial charge in [-0.25, -0.2) is 16.8 Å². The van der Waals surface area contributed by atoms with Crippen molar-refractivity contribution < 1.29 is 26.4 Å². The molecule has 0 saturated carbocycles. The van der Waals surface area contributed by atoms with Gasteiger partial charge in [0.1, 0.15) is 22.4 Å². The van der Waals surface area contributed by atoms with Crippen LogP contribution in [0.15, 0.2) is 107 Å². The van der Waals surface area contributed by atoms with E-state index in [0.717, 1.165) is 44.8 Å². The molecule has 1 atom stereocenters. The highest BCUT2D eigenvalue weighted by Gasteiger charge is 2.34. The number of nitrogens with zero attached hydrogens (tertiary/aromatic N) is 4. The molecule has 12 heteroatoms. The Labute approximate surface area is 374 Å². The monoisotopic (exact) mass is 890 g/mol. The summed E-state index contributed by atoms with van der Waals surface area (Å²) in [6.45, 7) is 26.7. The van der Waals surface area contributed by atoms with Gasteiger partial charge in [0.05, 0.1) is 34.3 Å². The van der Waals surface area contributed by atoms with E-state index < -0.39 is 42.2 Å². The minimum Gasteiger partial charge on any atom is -0.291 e. The minimum atomic E-state index is -3.81. The van der Waals surface area contributed by atoms with Crippen molar-refractivity contribution in [3.05, 3.63) is 164 Å². The molecule has 0 aliphatic rings. The number of carbonyl (C=O) groups is 2. The number of carbonyl (C=O) groups excluding carboxylic acids is 2. The second kappa shape index (κ2) is 18.7. The highest BCUT2D eigenvalue weighted by atomic mass is 32.2. The molecule has 0 bridgehead atoms. The van der Waals surface area contributed by atoms with Gasteiger partial charge in [-0.05, 0) is 118 Å². The van der Waals surface area contributed by atoms with Gasteiger partial charge in [0, 0.05) is 10.8 Å². The molecule has 4 aromatic carbocycles. The summed E-state index contributed by atoms with van der Waals surface area (Å²) in [5.41, 5.74) is 10.7. The van der Waals surface area contributed by atoms with Gasteiger partial charge in [-0.15, -0.1) is 0 Å². The van der Waals surface area contributed by atoms with Crippen molar-refractivity contribution in [3.8, 4) is 0 Å². The van der Waals surface area contributed by atoms with Crippen molar-refractivity contribution >= 4 is 31.2 Å². The number of rotatable bonds is 12. The lowest BCUT2D eigenvalue weighted by atomic mass is 9.92. The van der Waals surface area contributed by atoms with Crippen LogP contribution < -0.4 is 0 Å². The maximum atomic E-state index is 13.5. The lowest BCUT2D eigenvalue weighted by Crippen LogP contribution is -2.29. The Hall–Kier alpha value is -5.46. The number of hydrogen-bond acceptors (Lipinski definition) is 8. The van der Waals surface area contributed by atoms with Crippen molar-refractivity contribution in [1.29, 1.82) is 0 Å². The van der Waals surface area contributed by atoms with Crippen molar-refractivity contribution in [2.24, 2.45) is 0 Å². The SMILES string of the molecule is Cc1cc(C)c(Cn2nc(C(C)(C)C)cc2C(=O)C(C)S(=O)(=O)c2ccccc2)c(C)c1.Cc1cc(C)c(Cn2nc(C(C)(C)C)cc2C(=O)CS(=O)(=O)c2ccccc2)c(C)c1. The number of hydrogen-bond donors (Lipinski definition) is 0. The van der Waals surface area contributed by atoms with Crippen LogP contribution in [-0.2, 0) is 43.6 Å². The average molecular weight is 891 g/mol. The van der Waals surface area contributed by atoms with Gasteiger partial charge in [0.15, 0.2) is 31.2 Å². The summed E-state index contributed by atoms with van der Waals surface area (Å²) in [7, 11) is -7.55. The maximum absolute atomic E-state index is 13.5. The molecular weight excluding hydrogens is 829 g/mol. The molecule has 63 heavy (non-hydrogen) atoms. The molecule has 0 N–H and O–H groups in total. The fraction of sp³-hybridized carbons (Fsp3) is 0.373. The highest BCUT2D eigenvalue weighted by molar-refractivity contribution is 7.93. The van der Waals surface area contributed by atoms with E-state index in [0.29, 0.717) is 24.5 Å². The second-order valence-electron chi connectivity index (χ2n) is 18.8. The number of sulfone groups is 2. The smallest absolute Gasteiger partial charge is 0.199 e. The molecule has 2 heterocycles. The number of aryl methyl sites for hydroxylation is 6. The van der Waals surface area contributed by atoms with Crippen molar-refractivity contribution in [2.75, 3.05) is 5.75 Å². The number of ketones is 2. The summed E-state index contributed by atoms with van der Waals surface area (Å²) in [4.78, 5) is 27.0. The Morgan fingerprint density at radius 1 is 0.556 bits per heavy atom. The lowest BCUT2D eigenvalue weighted by molar-refractivity contribution is 0.0979. The molecule has 1 unspecified atom stereocenters. The normalized spacial score (nSPS) is 12.7. The predicted molar refractivity (Wildman–Crippen MR) is 252 cm³/mol. The summed E-state index contributed by atoms with van der Waals surface area (Å²) >= 11 is 0. The molecule has 0 radical (unpaired) electrons. The van der Waals surface area contributed by atoms with Gasteiger partial charge < -0.3 is 0 Å². The van der Waals surface area contributed by atoms with E-state index in [4.69, 9.17) is 10.2 Å². The third-order valence-corrected chi connectivity index (χ3v) is 15.0. The van der Waals surface area contributed by atoms with E-state index in [1.54, 1.807) is 57.9 Å². The van der Waals surface area contributed by atoms with E-state index in [1.165, 1.54) is 42.3 Å². The summed E-state index contributed by atoms with van der Waals surface area (Å²) in [6, 6.07) is 28.1. The van der Waals surface area contributed by atoms with Crippen LogP contribution in [0.25, 0.3) is 0 Å². The maximum Gasteiger partial charge on any atom is 0.199 e. The third-order valence-electron chi connectivity index (χ3n) is 11.3. The van der Waals surface area contributed by atoms with Crippen LogP contribution >= 0.6 is 0 Å². The van der Waals surface area contributed by atoms with Crippen LogP contribution in [0.5, 0.6) is 0 Å². The van der Waals surface area contributed by atoms with E-state index in [-0.39, 0.29) is 20.6 Å². The van der Waals surface area contributed by atoms with Crippen LogP contribution in [0, 0.1) is 41.5 Å². The summed E-state index contributed by atoms with van der Waals surface area (Å²) in [5, 5.41) is 8.23. The Kier molecular flexibility index (Phi) is 14.4. The zero-order chi connectivity index (χ0) is 46.8. The average Bonchev–Trinajstić information content (AvgIpc) is 3.83. The van der Waals surface area contributed by atoms with Crippen molar-refractivity contribution in [1.82, 2.24) is 19.6 Å². The Bertz CT molecular complexity index is 2820.